The number of nitrogens with zero attached hydrogens (tertiary/aromatic N) is 2. The van der Waals surface area contributed by atoms with Gasteiger partial charge in [-0.05, 0) is 37.1 Å². The van der Waals surface area contributed by atoms with Gasteiger partial charge in [-0.1, -0.05) is 0 Å². The second-order valence-electron chi connectivity index (χ2n) is 6.33. The maximum absolute atomic E-state index is 11.2. The Morgan fingerprint density at radius 1 is 1.27 bits per heavy atom. The topological polar surface area (TPSA) is 85.0 Å². The summed E-state index contributed by atoms with van der Waals surface area (Å²) in [6.45, 7) is 1.81. The number of methoxy groups -OCH3 is 2. The number of oxazole rings is 1. The Balaban J connectivity index is 1.87. The van der Waals surface area contributed by atoms with Gasteiger partial charge >= 0.3 is 5.97 Å². The van der Waals surface area contributed by atoms with Crippen molar-refractivity contribution in [3.05, 3.63) is 30.2 Å². The third kappa shape index (κ3) is 3.99. The lowest BCUT2D eigenvalue weighted by atomic mass is 9.97. The summed E-state index contributed by atoms with van der Waals surface area (Å²) in [7, 11) is 3.27. The molecule has 1 fully saturated rings. The van der Waals surface area contributed by atoms with Crippen molar-refractivity contribution in [2.75, 3.05) is 38.8 Å². The molecule has 0 spiro atoms. The van der Waals surface area contributed by atoms with Crippen molar-refractivity contribution in [3.63, 3.8) is 0 Å². The maximum Gasteiger partial charge on any atom is 0.306 e. The van der Waals surface area contributed by atoms with Crippen LogP contribution in [0.25, 0.3) is 11.3 Å². The van der Waals surface area contributed by atoms with Crippen LogP contribution in [-0.2, 0) is 16.0 Å². The zero-order valence-corrected chi connectivity index (χ0v) is 15.1. The highest BCUT2D eigenvalue weighted by molar-refractivity contribution is 5.73. The highest BCUT2D eigenvalue weighted by atomic mass is 16.5. The second-order valence-corrected chi connectivity index (χ2v) is 6.33. The number of rotatable bonds is 7. The van der Waals surface area contributed by atoms with Crippen molar-refractivity contribution in [2.45, 2.75) is 19.3 Å². The number of anilines is 1. The molecule has 7 nitrogen and oxygen atoms in total. The normalized spacial score (nSPS) is 15.2. The SMILES string of the molecule is COCCc1nc(-c2ccc(OC)cc2)c(N2CCC(C(=O)O)CC2)o1. The summed E-state index contributed by atoms with van der Waals surface area (Å²) in [5, 5.41) is 9.20. The van der Waals surface area contributed by atoms with Gasteiger partial charge in [-0.2, -0.15) is 0 Å². The van der Waals surface area contributed by atoms with Crippen molar-refractivity contribution in [2.24, 2.45) is 5.92 Å². The van der Waals surface area contributed by atoms with E-state index in [0.717, 1.165) is 17.0 Å². The summed E-state index contributed by atoms with van der Waals surface area (Å²) in [4.78, 5) is 17.9. The van der Waals surface area contributed by atoms with E-state index in [1.807, 2.05) is 24.3 Å². The van der Waals surface area contributed by atoms with Crippen LogP contribution in [-0.4, -0.2) is 50.0 Å². The predicted molar refractivity (Wildman–Crippen MR) is 96.6 cm³/mol. The van der Waals surface area contributed by atoms with E-state index in [2.05, 4.69) is 9.88 Å². The van der Waals surface area contributed by atoms with Crippen LogP contribution in [0.15, 0.2) is 28.7 Å². The molecule has 2 heterocycles. The fourth-order valence-corrected chi connectivity index (χ4v) is 3.13. The number of carboxylic acids is 1. The van der Waals surface area contributed by atoms with E-state index in [0.29, 0.717) is 50.7 Å². The van der Waals surface area contributed by atoms with Crippen molar-refractivity contribution in [1.29, 1.82) is 0 Å². The van der Waals surface area contributed by atoms with E-state index in [-0.39, 0.29) is 5.92 Å². The van der Waals surface area contributed by atoms with Gasteiger partial charge < -0.3 is 23.9 Å². The molecule has 1 aromatic heterocycles. The largest absolute Gasteiger partial charge is 0.497 e. The average Bonchev–Trinajstić information content (AvgIpc) is 3.10. The van der Waals surface area contributed by atoms with Gasteiger partial charge in [0.05, 0.1) is 19.6 Å². The molecule has 7 heteroatoms. The molecule has 2 aromatic rings. The van der Waals surface area contributed by atoms with Crippen LogP contribution in [0.3, 0.4) is 0 Å². The van der Waals surface area contributed by atoms with E-state index in [9.17, 15) is 9.90 Å². The van der Waals surface area contributed by atoms with Crippen molar-refractivity contribution >= 4 is 11.9 Å². The zero-order chi connectivity index (χ0) is 18.5. The first-order valence-electron chi connectivity index (χ1n) is 8.73. The third-order valence-corrected chi connectivity index (χ3v) is 4.67. The van der Waals surface area contributed by atoms with Crippen LogP contribution in [0.5, 0.6) is 5.75 Å². The number of aromatic nitrogens is 1. The van der Waals surface area contributed by atoms with Gasteiger partial charge in [0.15, 0.2) is 5.89 Å². The molecule has 1 aliphatic heterocycles. The first-order valence-corrected chi connectivity index (χ1v) is 8.73. The van der Waals surface area contributed by atoms with E-state index in [1.54, 1.807) is 14.2 Å². The molecule has 140 valence electrons. The number of ether oxygens (including phenoxy) is 2. The smallest absolute Gasteiger partial charge is 0.306 e. The van der Waals surface area contributed by atoms with Gasteiger partial charge in [0, 0.05) is 32.2 Å². The molecular weight excluding hydrogens is 336 g/mol. The molecule has 0 bridgehead atoms. The Morgan fingerprint density at radius 2 is 1.96 bits per heavy atom. The zero-order valence-electron chi connectivity index (χ0n) is 15.1. The lowest BCUT2D eigenvalue weighted by Gasteiger charge is -2.30. The number of benzene rings is 1. The standard InChI is InChI=1S/C19H24N2O5/c1-24-12-9-16-20-17(13-3-5-15(25-2)6-4-13)18(26-16)21-10-7-14(8-11-21)19(22)23/h3-6,14H,7-12H2,1-2H3,(H,22,23). The Kier molecular flexibility index (Phi) is 5.78. The maximum atomic E-state index is 11.2. The number of aliphatic carboxylic acids is 1. The van der Waals surface area contributed by atoms with Gasteiger partial charge in [-0.3, -0.25) is 4.79 Å². The molecule has 1 saturated heterocycles. The molecule has 0 amide bonds. The number of hydrogen-bond acceptors (Lipinski definition) is 6. The number of carboxylic acid groups (broad SMARTS) is 1. The second kappa shape index (κ2) is 8.23. The fourth-order valence-electron chi connectivity index (χ4n) is 3.13. The van der Waals surface area contributed by atoms with Crippen molar-refractivity contribution in [3.8, 4) is 17.0 Å². The Labute approximate surface area is 152 Å². The van der Waals surface area contributed by atoms with Crippen LogP contribution in [0, 0.1) is 5.92 Å². The van der Waals surface area contributed by atoms with Gasteiger partial charge in [0.2, 0.25) is 5.88 Å². The first kappa shape index (κ1) is 18.3. The molecular formula is C19H24N2O5. The summed E-state index contributed by atoms with van der Waals surface area (Å²) in [5.74, 6) is 1.09. The minimum absolute atomic E-state index is 0.286. The molecule has 26 heavy (non-hydrogen) atoms. The number of carbonyl (C=O) groups is 1. The van der Waals surface area contributed by atoms with Gasteiger partial charge in [0.25, 0.3) is 0 Å². The van der Waals surface area contributed by atoms with Crippen molar-refractivity contribution in [1.82, 2.24) is 4.98 Å². The van der Waals surface area contributed by atoms with Gasteiger partial charge in [-0.15, -0.1) is 0 Å². The Bertz CT molecular complexity index is 733. The Morgan fingerprint density at radius 3 is 2.54 bits per heavy atom. The molecule has 0 atom stereocenters. The molecule has 0 unspecified atom stereocenters. The summed E-state index contributed by atoms with van der Waals surface area (Å²) in [6, 6.07) is 7.67. The van der Waals surface area contributed by atoms with Crippen LogP contribution >= 0.6 is 0 Å². The van der Waals surface area contributed by atoms with Crippen molar-refractivity contribution < 1.29 is 23.8 Å². The Hall–Kier alpha value is -2.54. The fraction of sp³-hybridized carbons (Fsp3) is 0.474. The quantitative estimate of drug-likeness (QED) is 0.812. The first-order chi connectivity index (χ1) is 12.6. The highest BCUT2D eigenvalue weighted by Gasteiger charge is 2.28. The minimum Gasteiger partial charge on any atom is -0.497 e. The van der Waals surface area contributed by atoms with Crippen LogP contribution < -0.4 is 9.64 Å². The molecule has 0 radical (unpaired) electrons. The van der Waals surface area contributed by atoms with Crippen LogP contribution in [0.4, 0.5) is 5.88 Å². The lowest BCUT2D eigenvalue weighted by molar-refractivity contribution is -0.142. The summed E-state index contributed by atoms with van der Waals surface area (Å²) < 4.78 is 16.4. The average molecular weight is 360 g/mol. The molecule has 0 saturated carbocycles. The van der Waals surface area contributed by atoms with Crippen LogP contribution in [0.1, 0.15) is 18.7 Å². The van der Waals surface area contributed by atoms with Gasteiger partial charge in [0.1, 0.15) is 11.4 Å². The summed E-state index contributed by atoms with van der Waals surface area (Å²) in [6.07, 6.45) is 1.79. The van der Waals surface area contributed by atoms with Crippen LogP contribution in [0.2, 0.25) is 0 Å². The predicted octanol–water partition coefficient (Wildman–Crippen LogP) is 2.84. The molecule has 1 N–H and O–H groups in total. The molecule has 3 rings (SSSR count). The molecule has 1 aliphatic rings. The van der Waals surface area contributed by atoms with E-state index in [1.165, 1.54) is 0 Å². The van der Waals surface area contributed by atoms with E-state index < -0.39 is 5.97 Å². The minimum atomic E-state index is -0.724. The van der Waals surface area contributed by atoms with Gasteiger partial charge in [-0.25, -0.2) is 4.98 Å². The number of hydrogen-bond donors (Lipinski definition) is 1. The molecule has 1 aromatic carbocycles. The summed E-state index contributed by atoms with van der Waals surface area (Å²) >= 11 is 0. The lowest BCUT2D eigenvalue weighted by Crippen LogP contribution is -2.36. The highest BCUT2D eigenvalue weighted by Crippen LogP contribution is 2.35. The molecule has 0 aliphatic carbocycles. The van der Waals surface area contributed by atoms with E-state index in [4.69, 9.17) is 13.9 Å². The summed E-state index contributed by atoms with van der Waals surface area (Å²) in [5.41, 5.74) is 1.71. The van der Waals surface area contributed by atoms with E-state index >= 15 is 0 Å². The third-order valence-electron chi connectivity index (χ3n) is 4.67. The monoisotopic (exact) mass is 360 g/mol. The number of piperidine rings is 1.